The van der Waals surface area contributed by atoms with Crippen molar-refractivity contribution in [3.05, 3.63) is 36.0 Å². The summed E-state index contributed by atoms with van der Waals surface area (Å²) in [5, 5.41) is 1.08. The van der Waals surface area contributed by atoms with E-state index in [0.29, 0.717) is 5.75 Å². The third-order valence-corrected chi connectivity index (χ3v) is 2.19. The molecule has 76 valence electrons. The van der Waals surface area contributed by atoms with Crippen LogP contribution in [0.3, 0.4) is 0 Å². The lowest BCUT2D eigenvalue weighted by molar-refractivity contribution is -0.131. The highest BCUT2D eigenvalue weighted by atomic mass is 16.5. The number of aromatic nitrogens is 1. The highest BCUT2D eigenvalue weighted by Gasteiger charge is 2.02. The maximum atomic E-state index is 10.8. The topological polar surface area (TPSA) is 39.2 Å². The van der Waals surface area contributed by atoms with Gasteiger partial charge < -0.3 is 4.74 Å². The quantitative estimate of drug-likeness (QED) is 0.525. The Kier molecular flexibility index (Phi) is 2.37. The van der Waals surface area contributed by atoms with Crippen LogP contribution in [0, 0.1) is 6.92 Å². The summed E-state index contributed by atoms with van der Waals surface area (Å²) in [6.07, 6.45) is 1.75. The molecule has 0 saturated heterocycles. The second-order valence-corrected chi connectivity index (χ2v) is 3.40. The summed E-state index contributed by atoms with van der Waals surface area (Å²) in [5.41, 5.74) is 2.00. The van der Waals surface area contributed by atoms with Crippen LogP contribution in [0.2, 0.25) is 0 Å². The molecule has 0 radical (unpaired) electrons. The number of pyridine rings is 1. The number of aryl methyl sites for hydroxylation is 1. The van der Waals surface area contributed by atoms with Crippen molar-refractivity contribution in [2.45, 2.75) is 13.8 Å². The van der Waals surface area contributed by atoms with Crippen LogP contribution in [0.1, 0.15) is 12.5 Å². The van der Waals surface area contributed by atoms with Gasteiger partial charge in [-0.15, -0.1) is 0 Å². The summed E-state index contributed by atoms with van der Waals surface area (Å²) in [4.78, 5) is 15.0. The minimum Gasteiger partial charge on any atom is -0.427 e. The first-order valence-electron chi connectivity index (χ1n) is 4.70. The van der Waals surface area contributed by atoms with Gasteiger partial charge in [0.15, 0.2) is 0 Å². The molecule has 3 heteroatoms. The molecule has 0 saturated carbocycles. The normalized spacial score (nSPS) is 10.3. The standard InChI is InChI=1S/C12H11NO2/c1-8-5-6-13-12-7-10(15-9(2)14)3-4-11(8)12/h3-7H,1-2H3. The molecule has 1 aromatic carbocycles. The van der Waals surface area contributed by atoms with Crippen LogP contribution in [0.25, 0.3) is 10.9 Å². The summed E-state index contributed by atoms with van der Waals surface area (Å²) in [6, 6.07) is 7.41. The maximum Gasteiger partial charge on any atom is 0.308 e. The predicted octanol–water partition coefficient (Wildman–Crippen LogP) is 2.47. The molecule has 0 unspecified atom stereocenters. The van der Waals surface area contributed by atoms with Crippen molar-refractivity contribution >= 4 is 16.9 Å². The number of rotatable bonds is 1. The molecule has 0 fully saturated rings. The molecular formula is C12H11NO2. The van der Waals surface area contributed by atoms with E-state index in [1.807, 2.05) is 19.1 Å². The van der Waals surface area contributed by atoms with Crippen LogP contribution in [0.15, 0.2) is 30.5 Å². The number of carbonyl (C=O) groups is 1. The Morgan fingerprint density at radius 2 is 2.13 bits per heavy atom. The van der Waals surface area contributed by atoms with Crippen LogP contribution in [-0.2, 0) is 4.79 Å². The first-order chi connectivity index (χ1) is 7.16. The smallest absolute Gasteiger partial charge is 0.308 e. The van der Waals surface area contributed by atoms with Crippen molar-refractivity contribution in [1.82, 2.24) is 4.98 Å². The van der Waals surface area contributed by atoms with Gasteiger partial charge in [-0.3, -0.25) is 9.78 Å². The Morgan fingerprint density at radius 1 is 1.33 bits per heavy atom. The van der Waals surface area contributed by atoms with E-state index in [-0.39, 0.29) is 5.97 Å². The van der Waals surface area contributed by atoms with Gasteiger partial charge in [0.1, 0.15) is 5.75 Å². The van der Waals surface area contributed by atoms with Gasteiger partial charge in [0.2, 0.25) is 0 Å². The first kappa shape index (κ1) is 9.65. The molecule has 2 aromatic rings. The average Bonchev–Trinajstić information content (AvgIpc) is 2.17. The number of fused-ring (bicyclic) bond motifs is 1. The molecule has 0 spiro atoms. The minimum absolute atomic E-state index is 0.318. The zero-order chi connectivity index (χ0) is 10.8. The van der Waals surface area contributed by atoms with Crippen molar-refractivity contribution in [1.29, 1.82) is 0 Å². The fourth-order valence-corrected chi connectivity index (χ4v) is 1.50. The van der Waals surface area contributed by atoms with Crippen LogP contribution < -0.4 is 4.74 Å². The summed E-state index contributed by atoms with van der Waals surface area (Å²) in [6.45, 7) is 3.41. The monoisotopic (exact) mass is 201 g/mol. The number of nitrogens with zero attached hydrogens (tertiary/aromatic N) is 1. The van der Waals surface area contributed by atoms with Crippen LogP contribution in [0.5, 0.6) is 5.75 Å². The third kappa shape index (κ3) is 1.96. The van der Waals surface area contributed by atoms with Crippen molar-refractivity contribution in [3.8, 4) is 5.75 Å². The van der Waals surface area contributed by atoms with E-state index in [9.17, 15) is 4.79 Å². The van der Waals surface area contributed by atoms with E-state index in [1.54, 1.807) is 18.3 Å². The third-order valence-electron chi connectivity index (χ3n) is 2.19. The van der Waals surface area contributed by atoms with E-state index in [4.69, 9.17) is 4.74 Å². The van der Waals surface area contributed by atoms with Gasteiger partial charge in [0.25, 0.3) is 0 Å². The lowest BCUT2D eigenvalue weighted by atomic mass is 10.1. The fourth-order valence-electron chi connectivity index (χ4n) is 1.50. The Balaban J connectivity index is 2.52. The predicted molar refractivity (Wildman–Crippen MR) is 57.8 cm³/mol. The summed E-state index contributed by atoms with van der Waals surface area (Å²) < 4.78 is 4.98. The van der Waals surface area contributed by atoms with Gasteiger partial charge in [-0.05, 0) is 30.7 Å². The molecule has 3 nitrogen and oxygen atoms in total. The molecule has 15 heavy (non-hydrogen) atoms. The van der Waals surface area contributed by atoms with E-state index in [1.165, 1.54) is 6.92 Å². The van der Waals surface area contributed by atoms with Crippen molar-refractivity contribution in [2.75, 3.05) is 0 Å². The molecule has 0 aliphatic heterocycles. The van der Waals surface area contributed by atoms with Crippen LogP contribution in [0.4, 0.5) is 0 Å². The van der Waals surface area contributed by atoms with E-state index >= 15 is 0 Å². The molecule has 0 aliphatic carbocycles. The zero-order valence-electron chi connectivity index (χ0n) is 8.65. The van der Waals surface area contributed by atoms with Gasteiger partial charge in [-0.2, -0.15) is 0 Å². The fraction of sp³-hybridized carbons (Fsp3) is 0.167. The van der Waals surface area contributed by atoms with E-state index < -0.39 is 0 Å². The Bertz CT molecular complexity index is 520. The molecular weight excluding hydrogens is 190 g/mol. The van der Waals surface area contributed by atoms with Gasteiger partial charge >= 0.3 is 5.97 Å². The zero-order valence-corrected chi connectivity index (χ0v) is 8.65. The van der Waals surface area contributed by atoms with E-state index in [0.717, 1.165) is 16.5 Å². The summed E-state index contributed by atoms with van der Waals surface area (Å²) >= 11 is 0. The number of benzene rings is 1. The number of esters is 1. The Labute approximate surface area is 87.7 Å². The number of carbonyl (C=O) groups excluding carboxylic acids is 1. The largest absolute Gasteiger partial charge is 0.427 e. The summed E-state index contributed by atoms with van der Waals surface area (Å²) in [7, 11) is 0. The molecule has 1 heterocycles. The van der Waals surface area contributed by atoms with Gasteiger partial charge in [-0.25, -0.2) is 0 Å². The second-order valence-electron chi connectivity index (χ2n) is 3.40. The van der Waals surface area contributed by atoms with Crippen LogP contribution >= 0.6 is 0 Å². The summed E-state index contributed by atoms with van der Waals surface area (Å²) in [5.74, 6) is 0.218. The Hall–Kier alpha value is -1.90. The lowest BCUT2D eigenvalue weighted by Gasteiger charge is -2.04. The number of hydrogen-bond acceptors (Lipinski definition) is 3. The van der Waals surface area contributed by atoms with E-state index in [2.05, 4.69) is 4.98 Å². The maximum absolute atomic E-state index is 10.8. The second kappa shape index (κ2) is 3.69. The van der Waals surface area contributed by atoms with Gasteiger partial charge in [-0.1, -0.05) is 0 Å². The lowest BCUT2D eigenvalue weighted by Crippen LogP contribution is -2.01. The molecule has 1 aromatic heterocycles. The molecule has 0 amide bonds. The SMILES string of the molecule is CC(=O)Oc1ccc2c(C)ccnc2c1. The van der Waals surface area contributed by atoms with Gasteiger partial charge in [0, 0.05) is 24.6 Å². The number of ether oxygens (including phenoxy) is 1. The average molecular weight is 201 g/mol. The number of hydrogen-bond donors (Lipinski definition) is 0. The minimum atomic E-state index is -0.318. The first-order valence-corrected chi connectivity index (χ1v) is 4.70. The highest BCUT2D eigenvalue weighted by molar-refractivity contribution is 5.83. The molecule has 0 aliphatic rings. The molecule has 0 N–H and O–H groups in total. The molecule has 0 atom stereocenters. The van der Waals surface area contributed by atoms with Crippen molar-refractivity contribution < 1.29 is 9.53 Å². The van der Waals surface area contributed by atoms with Crippen LogP contribution in [-0.4, -0.2) is 11.0 Å². The highest BCUT2D eigenvalue weighted by Crippen LogP contribution is 2.21. The van der Waals surface area contributed by atoms with Gasteiger partial charge in [0.05, 0.1) is 5.52 Å². The molecule has 0 bridgehead atoms. The molecule has 2 rings (SSSR count). The van der Waals surface area contributed by atoms with Crippen molar-refractivity contribution in [2.24, 2.45) is 0 Å². The van der Waals surface area contributed by atoms with Crippen molar-refractivity contribution in [3.63, 3.8) is 0 Å². The Morgan fingerprint density at radius 3 is 2.87 bits per heavy atom.